The van der Waals surface area contributed by atoms with E-state index in [2.05, 4.69) is 21.2 Å². The zero-order valence-corrected chi connectivity index (χ0v) is 13.0. The fraction of sp³-hybridized carbons (Fsp3) is 0.0714. The van der Waals surface area contributed by atoms with Crippen molar-refractivity contribution in [1.29, 1.82) is 0 Å². The number of nitrogen functional groups attached to an aromatic ring is 1. The predicted octanol–water partition coefficient (Wildman–Crippen LogP) is 3.95. The molecule has 2 rings (SSSR count). The summed E-state index contributed by atoms with van der Waals surface area (Å²) in [6, 6.07) is 10.0. The molecule has 6 heteroatoms. The van der Waals surface area contributed by atoms with Crippen molar-refractivity contribution in [3.05, 3.63) is 51.5 Å². The van der Waals surface area contributed by atoms with Crippen LogP contribution in [0.2, 0.25) is 5.02 Å². The Labute approximate surface area is 130 Å². The maximum Gasteiger partial charge on any atom is 0.256 e. The molecule has 0 fully saturated rings. The topological polar surface area (TPSA) is 64.3 Å². The summed E-state index contributed by atoms with van der Waals surface area (Å²) in [5.74, 6) is 0.360. The highest BCUT2D eigenvalue weighted by Crippen LogP contribution is 2.26. The Kier molecular flexibility index (Phi) is 4.52. The lowest BCUT2D eigenvalue weighted by Crippen LogP contribution is -2.13. The monoisotopic (exact) mass is 354 g/mol. The van der Waals surface area contributed by atoms with E-state index in [1.807, 2.05) is 0 Å². The summed E-state index contributed by atoms with van der Waals surface area (Å²) >= 11 is 9.15. The van der Waals surface area contributed by atoms with Gasteiger partial charge in [0.25, 0.3) is 5.91 Å². The number of amides is 1. The number of rotatable bonds is 3. The third kappa shape index (κ3) is 3.23. The number of ether oxygens (including phenoxy) is 1. The molecule has 0 bridgehead atoms. The number of carbonyl (C=O) groups is 1. The molecule has 0 spiro atoms. The Morgan fingerprint density at radius 1 is 1.30 bits per heavy atom. The number of hydrogen-bond acceptors (Lipinski definition) is 3. The number of anilines is 2. The number of methoxy groups -OCH3 is 1. The quantitative estimate of drug-likeness (QED) is 0.820. The Bertz CT molecular complexity index is 662. The lowest BCUT2D eigenvalue weighted by molar-refractivity contribution is 0.102. The van der Waals surface area contributed by atoms with Crippen LogP contribution in [-0.2, 0) is 0 Å². The Morgan fingerprint density at radius 3 is 2.65 bits per heavy atom. The van der Waals surface area contributed by atoms with Crippen molar-refractivity contribution in [2.45, 2.75) is 0 Å². The number of benzene rings is 2. The molecule has 2 aromatic rings. The molecule has 0 radical (unpaired) electrons. The normalized spacial score (nSPS) is 10.2. The zero-order chi connectivity index (χ0) is 14.7. The fourth-order valence-corrected chi connectivity index (χ4v) is 2.51. The van der Waals surface area contributed by atoms with Crippen LogP contribution >= 0.6 is 27.5 Å². The zero-order valence-electron chi connectivity index (χ0n) is 10.6. The van der Waals surface area contributed by atoms with Crippen molar-refractivity contribution in [3.63, 3.8) is 0 Å². The minimum atomic E-state index is -0.273. The minimum absolute atomic E-state index is 0.273. The first kappa shape index (κ1) is 14.7. The SMILES string of the molecule is COc1ccc(NC(=O)c2ccc(Cl)cc2Br)c(N)c1. The van der Waals surface area contributed by atoms with E-state index in [9.17, 15) is 4.79 Å². The molecule has 2 aromatic carbocycles. The minimum Gasteiger partial charge on any atom is -0.497 e. The summed E-state index contributed by atoms with van der Waals surface area (Å²) in [4.78, 5) is 12.2. The van der Waals surface area contributed by atoms with E-state index in [0.717, 1.165) is 0 Å². The van der Waals surface area contributed by atoms with Gasteiger partial charge in [0, 0.05) is 15.6 Å². The molecule has 3 N–H and O–H groups in total. The van der Waals surface area contributed by atoms with Crippen molar-refractivity contribution in [2.75, 3.05) is 18.2 Å². The van der Waals surface area contributed by atoms with E-state index < -0.39 is 0 Å². The molecule has 0 aromatic heterocycles. The lowest BCUT2D eigenvalue weighted by atomic mass is 10.2. The van der Waals surface area contributed by atoms with Crippen LogP contribution in [0, 0.1) is 0 Å². The maximum atomic E-state index is 12.2. The highest BCUT2D eigenvalue weighted by atomic mass is 79.9. The summed E-state index contributed by atoms with van der Waals surface area (Å²) < 4.78 is 5.68. The number of carbonyl (C=O) groups excluding carboxylic acids is 1. The van der Waals surface area contributed by atoms with Crippen molar-refractivity contribution in [3.8, 4) is 5.75 Å². The van der Waals surface area contributed by atoms with Gasteiger partial charge in [0.05, 0.1) is 24.0 Å². The van der Waals surface area contributed by atoms with Crippen LogP contribution in [0.1, 0.15) is 10.4 Å². The highest BCUT2D eigenvalue weighted by molar-refractivity contribution is 9.10. The summed E-state index contributed by atoms with van der Waals surface area (Å²) in [5.41, 5.74) is 7.29. The van der Waals surface area contributed by atoms with Gasteiger partial charge in [0.15, 0.2) is 0 Å². The van der Waals surface area contributed by atoms with E-state index in [0.29, 0.717) is 32.2 Å². The van der Waals surface area contributed by atoms with E-state index in [-0.39, 0.29) is 5.91 Å². The molecule has 0 unspecified atom stereocenters. The molecule has 0 atom stereocenters. The van der Waals surface area contributed by atoms with Crippen LogP contribution < -0.4 is 15.8 Å². The molecular weight excluding hydrogens is 344 g/mol. The van der Waals surface area contributed by atoms with Crippen LogP contribution in [0.5, 0.6) is 5.75 Å². The second-order valence-electron chi connectivity index (χ2n) is 4.03. The van der Waals surface area contributed by atoms with Gasteiger partial charge in [-0.1, -0.05) is 11.6 Å². The fourth-order valence-electron chi connectivity index (χ4n) is 1.64. The molecule has 0 aliphatic carbocycles. The van der Waals surface area contributed by atoms with Crippen LogP contribution in [0.15, 0.2) is 40.9 Å². The van der Waals surface area contributed by atoms with Gasteiger partial charge in [-0.05, 0) is 46.3 Å². The molecule has 0 saturated carbocycles. The Morgan fingerprint density at radius 2 is 2.05 bits per heavy atom. The second-order valence-corrected chi connectivity index (χ2v) is 5.32. The van der Waals surface area contributed by atoms with Gasteiger partial charge in [-0.2, -0.15) is 0 Å². The second kappa shape index (κ2) is 6.15. The van der Waals surface area contributed by atoms with Crippen molar-refractivity contribution in [1.82, 2.24) is 0 Å². The molecule has 0 aliphatic heterocycles. The van der Waals surface area contributed by atoms with E-state index in [4.69, 9.17) is 22.1 Å². The first-order valence-corrected chi connectivity index (χ1v) is 6.88. The molecule has 0 aliphatic rings. The lowest BCUT2D eigenvalue weighted by Gasteiger charge is -2.10. The van der Waals surface area contributed by atoms with Crippen molar-refractivity contribution < 1.29 is 9.53 Å². The molecule has 0 heterocycles. The van der Waals surface area contributed by atoms with Gasteiger partial charge in [-0.3, -0.25) is 4.79 Å². The first-order chi connectivity index (χ1) is 9.51. The average Bonchev–Trinajstić information content (AvgIpc) is 2.40. The molecular formula is C14H12BrClN2O2. The van der Waals surface area contributed by atoms with E-state index in [1.165, 1.54) is 0 Å². The predicted molar refractivity (Wildman–Crippen MR) is 84.5 cm³/mol. The van der Waals surface area contributed by atoms with Crippen molar-refractivity contribution in [2.24, 2.45) is 0 Å². The maximum absolute atomic E-state index is 12.2. The number of nitrogens with one attached hydrogen (secondary N) is 1. The smallest absolute Gasteiger partial charge is 0.256 e. The third-order valence-electron chi connectivity index (χ3n) is 2.68. The van der Waals surface area contributed by atoms with Crippen molar-refractivity contribution >= 4 is 44.8 Å². The molecule has 4 nitrogen and oxygen atoms in total. The number of nitrogens with two attached hydrogens (primary N) is 1. The number of halogens is 2. The Balaban J connectivity index is 2.23. The van der Waals surface area contributed by atoms with Crippen LogP contribution in [0.4, 0.5) is 11.4 Å². The highest BCUT2D eigenvalue weighted by Gasteiger charge is 2.12. The van der Waals surface area contributed by atoms with Crippen LogP contribution in [-0.4, -0.2) is 13.0 Å². The largest absolute Gasteiger partial charge is 0.497 e. The standard InChI is InChI=1S/C14H12BrClN2O2/c1-20-9-3-5-13(12(17)7-9)18-14(19)10-4-2-8(16)6-11(10)15/h2-7H,17H2,1H3,(H,18,19). The summed E-state index contributed by atoms with van der Waals surface area (Å²) in [7, 11) is 1.55. The first-order valence-electron chi connectivity index (χ1n) is 5.71. The van der Waals surface area contributed by atoms with Gasteiger partial charge in [0.1, 0.15) is 5.75 Å². The molecule has 20 heavy (non-hydrogen) atoms. The van der Waals surface area contributed by atoms with E-state index in [1.54, 1.807) is 43.5 Å². The van der Waals surface area contributed by atoms with Gasteiger partial charge in [-0.15, -0.1) is 0 Å². The molecule has 104 valence electrons. The Hall–Kier alpha value is -1.72. The molecule has 0 saturated heterocycles. The van der Waals surface area contributed by atoms with Crippen LogP contribution in [0.25, 0.3) is 0 Å². The third-order valence-corrected chi connectivity index (χ3v) is 3.57. The van der Waals surface area contributed by atoms with Gasteiger partial charge in [-0.25, -0.2) is 0 Å². The summed E-state index contributed by atoms with van der Waals surface area (Å²) in [5, 5.41) is 3.30. The van der Waals surface area contributed by atoms with Crippen LogP contribution in [0.3, 0.4) is 0 Å². The van der Waals surface area contributed by atoms with E-state index >= 15 is 0 Å². The van der Waals surface area contributed by atoms with Gasteiger partial charge >= 0.3 is 0 Å². The summed E-state index contributed by atoms with van der Waals surface area (Å²) in [6.07, 6.45) is 0. The average molecular weight is 356 g/mol. The van der Waals surface area contributed by atoms with Gasteiger partial charge in [0.2, 0.25) is 0 Å². The number of hydrogen-bond donors (Lipinski definition) is 2. The molecule has 1 amide bonds. The summed E-state index contributed by atoms with van der Waals surface area (Å²) in [6.45, 7) is 0. The van der Waals surface area contributed by atoms with Gasteiger partial charge < -0.3 is 15.8 Å².